The molecule has 174 valence electrons. The van der Waals surface area contributed by atoms with Crippen molar-refractivity contribution in [1.82, 2.24) is 9.88 Å². The lowest BCUT2D eigenvalue weighted by atomic mass is 10.2. The van der Waals surface area contributed by atoms with Crippen LogP contribution in [-0.4, -0.2) is 58.4 Å². The van der Waals surface area contributed by atoms with Gasteiger partial charge in [-0.05, 0) is 37.1 Å². The molecule has 1 unspecified atom stereocenters. The fraction of sp³-hybridized carbons (Fsp3) is 0.522. The number of unbranched alkanes of at least 4 members (excludes halogenated alkanes) is 3. The molecular weight excluding hydrogens is 446 g/mol. The zero-order valence-electron chi connectivity index (χ0n) is 18.4. The van der Waals surface area contributed by atoms with Crippen molar-refractivity contribution in [3.8, 4) is 5.75 Å². The molecule has 3 rings (SSSR count). The Labute approximate surface area is 197 Å². The summed E-state index contributed by atoms with van der Waals surface area (Å²) >= 11 is 2.82. The summed E-state index contributed by atoms with van der Waals surface area (Å²) < 4.78 is 6.51. The summed E-state index contributed by atoms with van der Waals surface area (Å²) in [6.45, 7) is 4.28. The number of amides is 1. The topological polar surface area (TPSA) is 91.8 Å². The molecule has 0 bridgehead atoms. The van der Waals surface area contributed by atoms with E-state index in [1.54, 1.807) is 5.38 Å². The van der Waals surface area contributed by atoms with E-state index in [0.717, 1.165) is 35.2 Å². The standard InChI is InChI=1S/C23H31N3O4S2/c1-2-3-4-5-13-30-19-9-6-17(7-10-19)24-15-18-8-11-21(27)26(18)12-14-31-23-25-20(16-32-23)22(28)29/h6-7,9-10,16,18,24H,2-5,8,11-15H2,1H3,(H,28,29). The first-order valence-electron chi connectivity index (χ1n) is 11.1. The van der Waals surface area contributed by atoms with E-state index < -0.39 is 5.97 Å². The minimum absolute atomic E-state index is 0.0738. The Hall–Kier alpha value is -2.26. The molecule has 0 radical (unpaired) electrons. The first-order valence-corrected chi connectivity index (χ1v) is 13.0. The summed E-state index contributed by atoms with van der Waals surface area (Å²) in [7, 11) is 0. The number of aromatic carboxylic acids is 1. The number of benzene rings is 1. The molecule has 1 aliphatic rings. The third-order valence-corrected chi connectivity index (χ3v) is 7.38. The minimum atomic E-state index is -1.01. The van der Waals surface area contributed by atoms with Gasteiger partial charge in [-0.15, -0.1) is 11.3 Å². The maximum atomic E-state index is 12.3. The summed E-state index contributed by atoms with van der Waals surface area (Å²) in [5, 5.41) is 14.0. The number of thiazole rings is 1. The SMILES string of the molecule is CCCCCCOc1ccc(NCC2CCC(=O)N2CCSc2nc(C(=O)O)cs2)cc1. The average molecular weight is 478 g/mol. The van der Waals surface area contributed by atoms with Gasteiger partial charge >= 0.3 is 5.97 Å². The molecule has 7 nitrogen and oxygen atoms in total. The molecule has 1 amide bonds. The summed E-state index contributed by atoms with van der Waals surface area (Å²) in [6, 6.07) is 8.15. The smallest absolute Gasteiger partial charge is 0.355 e. The van der Waals surface area contributed by atoms with Crippen molar-refractivity contribution < 1.29 is 19.4 Å². The number of nitrogens with zero attached hydrogens (tertiary/aromatic N) is 2. The number of likely N-dealkylation sites (tertiary alicyclic amines) is 1. The van der Waals surface area contributed by atoms with Crippen LogP contribution in [0.15, 0.2) is 34.0 Å². The molecule has 2 N–H and O–H groups in total. The number of carboxylic acids is 1. The van der Waals surface area contributed by atoms with E-state index in [9.17, 15) is 9.59 Å². The van der Waals surface area contributed by atoms with Crippen LogP contribution in [0.4, 0.5) is 5.69 Å². The molecule has 1 aromatic carbocycles. The second-order valence-corrected chi connectivity index (χ2v) is 9.95. The number of nitrogens with one attached hydrogen (secondary N) is 1. The number of hydrogen-bond donors (Lipinski definition) is 2. The molecule has 0 saturated carbocycles. The number of aromatic nitrogens is 1. The Morgan fingerprint density at radius 2 is 2.12 bits per heavy atom. The highest BCUT2D eigenvalue weighted by molar-refractivity contribution is 8.01. The Balaban J connectivity index is 1.40. The van der Waals surface area contributed by atoms with Crippen molar-refractivity contribution in [3.63, 3.8) is 0 Å². The van der Waals surface area contributed by atoms with Crippen molar-refractivity contribution in [2.24, 2.45) is 0 Å². The molecule has 1 aromatic heterocycles. The zero-order valence-corrected chi connectivity index (χ0v) is 20.1. The fourth-order valence-corrected chi connectivity index (χ4v) is 5.40. The molecule has 1 saturated heterocycles. The maximum absolute atomic E-state index is 12.3. The summed E-state index contributed by atoms with van der Waals surface area (Å²) in [6.07, 6.45) is 6.18. The number of carbonyl (C=O) groups excluding carboxylic acids is 1. The number of thioether (sulfide) groups is 1. The highest BCUT2D eigenvalue weighted by Crippen LogP contribution is 2.25. The number of anilines is 1. The van der Waals surface area contributed by atoms with Gasteiger partial charge in [-0.1, -0.05) is 37.9 Å². The van der Waals surface area contributed by atoms with E-state index in [4.69, 9.17) is 9.84 Å². The Morgan fingerprint density at radius 1 is 1.31 bits per heavy atom. The van der Waals surface area contributed by atoms with E-state index >= 15 is 0 Å². The quantitative estimate of drug-likeness (QED) is 0.292. The molecule has 1 aliphatic heterocycles. The summed E-state index contributed by atoms with van der Waals surface area (Å²) in [4.78, 5) is 29.3. The number of ether oxygens (including phenoxy) is 1. The van der Waals surface area contributed by atoms with Gasteiger partial charge in [0.1, 0.15) is 5.75 Å². The minimum Gasteiger partial charge on any atom is -0.494 e. The van der Waals surface area contributed by atoms with E-state index in [-0.39, 0.29) is 17.6 Å². The highest BCUT2D eigenvalue weighted by atomic mass is 32.2. The maximum Gasteiger partial charge on any atom is 0.355 e. The molecule has 1 fully saturated rings. The van der Waals surface area contributed by atoms with Gasteiger partial charge in [-0.25, -0.2) is 9.78 Å². The van der Waals surface area contributed by atoms with Crippen LogP contribution in [0.5, 0.6) is 5.75 Å². The number of carboxylic acid groups (broad SMARTS) is 1. The van der Waals surface area contributed by atoms with Crippen LogP contribution < -0.4 is 10.1 Å². The molecule has 0 aliphatic carbocycles. The first-order chi connectivity index (χ1) is 15.6. The van der Waals surface area contributed by atoms with Crippen LogP contribution in [0.3, 0.4) is 0 Å². The lowest BCUT2D eigenvalue weighted by Gasteiger charge is -2.25. The van der Waals surface area contributed by atoms with E-state index in [1.165, 1.54) is 42.4 Å². The normalized spacial score (nSPS) is 15.8. The number of carbonyl (C=O) groups is 2. The van der Waals surface area contributed by atoms with Crippen molar-refractivity contribution in [2.45, 2.75) is 55.8 Å². The van der Waals surface area contributed by atoms with Gasteiger partial charge in [-0.2, -0.15) is 0 Å². The third kappa shape index (κ3) is 7.41. The molecule has 2 aromatic rings. The van der Waals surface area contributed by atoms with E-state index in [1.807, 2.05) is 29.2 Å². The molecule has 9 heteroatoms. The Morgan fingerprint density at radius 3 is 2.84 bits per heavy atom. The summed E-state index contributed by atoms with van der Waals surface area (Å²) in [5.41, 5.74) is 1.09. The molecule has 32 heavy (non-hydrogen) atoms. The van der Waals surface area contributed by atoms with Crippen molar-refractivity contribution in [2.75, 3.05) is 30.8 Å². The number of hydrogen-bond acceptors (Lipinski definition) is 7. The monoisotopic (exact) mass is 477 g/mol. The van der Waals surface area contributed by atoms with Gasteiger partial charge < -0.3 is 20.1 Å². The van der Waals surface area contributed by atoms with E-state index in [2.05, 4.69) is 17.2 Å². The zero-order chi connectivity index (χ0) is 22.8. The third-order valence-electron chi connectivity index (χ3n) is 5.38. The lowest BCUT2D eigenvalue weighted by molar-refractivity contribution is -0.128. The van der Waals surface area contributed by atoms with Gasteiger partial charge in [-0.3, -0.25) is 4.79 Å². The van der Waals surface area contributed by atoms with Crippen molar-refractivity contribution in [1.29, 1.82) is 0 Å². The second-order valence-electron chi connectivity index (χ2n) is 7.75. The lowest BCUT2D eigenvalue weighted by Crippen LogP contribution is -2.39. The Kier molecular flexibility index (Phi) is 9.67. The number of rotatable bonds is 14. The first kappa shape index (κ1) is 24.4. The molecule has 1 atom stereocenters. The van der Waals surface area contributed by atoms with Gasteiger partial charge in [0, 0.05) is 42.4 Å². The van der Waals surface area contributed by atoms with Crippen LogP contribution in [0.2, 0.25) is 0 Å². The van der Waals surface area contributed by atoms with Gasteiger partial charge in [0.05, 0.1) is 6.61 Å². The largest absolute Gasteiger partial charge is 0.494 e. The van der Waals surface area contributed by atoms with Crippen LogP contribution in [-0.2, 0) is 4.79 Å². The van der Waals surface area contributed by atoms with Crippen molar-refractivity contribution >= 4 is 40.7 Å². The summed E-state index contributed by atoms with van der Waals surface area (Å²) in [5.74, 6) is 0.740. The van der Waals surface area contributed by atoms with Gasteiger partial charge in [0.25, 0.3) is 0 Å². The van der Waals surface area contributed by atoms with Crippen LogP contribution in [0.25, 0.3) is 0 Å². The van der Waals surface area contributed by atoms with Crippen molar-refractivity contribution in [3.05, 3.63) is 35.3 Å². The van der Waals surface area contributed by atoms with E-state index in [0.29, 0.717) is 25.3 Å². The Bertz CT molecular complexity index is 872. The highest BCUT2D eigenvalue weighted by Gasteiger charge is 2.30. The van der Waals surface area contributed by atoms with Crippen LogP contribution in [0.1, 0.15) is 55.9 Å². The predicted molar refractivity (Wildman–Crippen MR) is 129 cm³/mol. The van der Waals surface area contributed by atoms with Crippen LogP contribution in [0, 0.1) is 0 Å². The average Bonchev–Trinajstić information content (AvgIpc) is 3.40. The fourth-order valence-electron chi connectivity index (χ4n) is 3.59. The molecular formula is C23H31N3O4S2. The molecule has 2 heterocycles. The second kappa shape index (κ2) is 12.7. The van der Waals surface area contributed by atoms with Crippen LogP contribution >= 0.6 is 23.1 Å². The van der Waals surface area contributed by atoms with Gasteiger partial charge in [0.2, 0.25) is 5.91 Å². The van der Waals surface area contributed by atoms with Gasteiger partial charge in [0.15, 0.2) is 10.0 Å². The molecule has 0 spiro atoms. The predicted octanol–water partition coefficient (Wildman–Crippen LogP) is 5.00.